The van der Waals surface area contributed by atoms with Crippen molar-refractivity contribution in [2.75, 3.05) is 0 Å². The minimum Gasteiger partial charge on any atom is -0.307 e. The summed E-state index contributed by atoms with van der Waals surface area (Å²) in [6.07, 6.45) is 1.67. The van der Waals surface area contributed by atoms with Gasteiger partial charge in [-0.05, 0) is 59.2 Å². The Morgan fingerprint density at radius 2 is 2.05 bits per heavy atom. The van der Waals surface area contributed by atoms with Gasteiger partial charge in [-0.2, -0.15) is 5.10 Å². The Kier molecular flexibility index (Phi) is 3.84. The van der Waals surface area contributed by atoms with E-state index in [1.807, 2.05) is 25.1 Å². The van der Waals surface area contributed by atoms with Crippen LogP contribution in [0.15, 0.2) is 35.1 Å². The van der Waals surface area contributed by atoms with Crippen molar-refractivity contribution < 1.29 is 0 Å². The van der Waals surface area contributed by atoms with Crippen LogP contribution in [0.2, 0.25) is 0 Å². The lowest BCUT2D eigenvalue weighted by Crippen LogP contribution is -2.15. The number of nitrogens with one attached hydrogen (secondary N) is 1. The molecule has 0 amide bonds. The van der Waals surface area contributed by atoms with Crippen molar-refractivity contribution in [2.24, 2.45) is 0 Å². The van der Waals surface area contributed by atoms with E-state index >= 15 is 0 Å². The van der Waals surface area contributed by atoms with Crippen LogP contribution in [-0.2, 0) is 12.8 Å². The molecule has 0 unspecified atom stereocenters. The van der Waals surface area contributed by atoms with Crippen molar-refractivity contribution in [2.45, 2.75) is 26.7 Å². The molecule has 0 saturated heterocycles. The summed E-state index contributed by atoms with van der Waals surface area (Å²) < 4.78 is 3.03. The van der Waals surface area contributed by atoms with Gasteiger partial charge in [0.1, 0.15) is 11.3 Å². The third kappa shape index (κ3) is 2.62. The molecule has 3 rings (SSSR count). The zero-order valence-electron chi connectivity index (χ0n) is 12.0. The largest absolute Gasteiger partial charge is 0.307 e. The summed E-state index contributed by atoms with van der Waals surface area (Å²) >= 11 is 2.35. The van der Waals surface area contributed by atoms with E-state index in [-0.39, 0.29) is 5.56 Å². The third-order valence-electron chi connectivity index (χ3n) is 3.64. The lowest BCUT2D eigenvalue weighted by molar-refractivity contribution is 0.796. The molecule has 0 fully saturated rings. The molecule has 0 aliphatic carbocycles. The van der Waals surface area contributed by atoms with Crippen LogP contribution in [-0.4, -0.2) is 14.6 Å². The predicted octanol–water partition coefficient (Wildman–Crippen LogP) is 3.09. The highest BCUT2D eigenvalue weighted by atomic mass is 127. The second-order valence-electron chi connectivity index (χ2n) is 5.07. The maximum atomic E-state index is 12.1. The number of benzene rings is 1. The minimum absolute atomic E-state index is 0.0776. The Labute approximate surface area is 136 Å². The quantitative estimate of drug-likeness (QED) is 0.696. The molecule has 1 N–H and O–H groups in total. The molecule has 21 heavy (non-hydrogen) atoms. The van der Waals surface area contributed by atoms with Crippen molar-refractivity contribution in [3.05, 3.63) is 66.9 Å². The van der Waals surface area contributed by atoms with E-state index in [4.69, 9.17) is 0 Å². The number of fused-ring (bicyclic) bond motifs is 1. The molecular weight excluding hydrogens is 377 g/mol. The highest BCUT2D eigenvalue weighted by molar-refractivity contribution is 14.1. The van der Waals surface area contributed by atoms with E-state index in [0.717, 1.165) is 18.5 Å². The standard InChI is InChI=1S/C16H16IN3O/c1-3-11-8-15-16(21)18-10(2)19-20(15)14(11)9-12-6-4-5-7-13(12)17/h4-8H,3,9H2,1-2H3,(H,18,19,21). The number of aromatic nitrogens is 3. The summed E-state index contributed by atoms with van der Waals surface area (Å²) in [5, 5.41) is 4.49. The van der Waals surface area contributed by atoms with Gasteiger partial charge in [-0.25, -0.2) is 4.52 Å². The lowest BCUT2D eigenvalue weighted by atomic mass is 10.1. The molecule has 4 nitrogen and oxygen atoms in total. The number of aromatic amines is 1. The zero-order valence-corrected chi connectivity index (χ0v) is 14.1. The zero-order chi connectivity index (χ0) is 15.0. The highest BCUT2D eigenvalue weighted by Gasteiger charge is 2.14. The first-order valence-corrected chi connectivity index (χ1v) is 8.02. The summed E-state index contributed by atoms with van der Waals surface area (Å²) in [5.41, 5.74) is 4.08. The van der Waals surface area contributed by atoms with E-state index < -0.39 is 0 Å². The van der Waals surface area contributed by atoms with Gasteiger partial charge in [-0.1, -0.05) is 25.1 Å². The number of nitrogens with zero attached hydrogens (tertiary/aromatic N) is 2. The Bertz CT molecular complexity index is 864. The average Bonchev–Trinajstić information content (AvgIpc) is 2.80. The van der Waals surface area contributed by atoms with Crippen molar-refractivity contribution in [3.63, 3.8) is 0 Å². The monoisotopic (exact) mass is 393 g/mol. The Morgan fingerprint density at radius 1 is 1.29 bits per heavy atom. The van der Waals surface area contributed by atoms with Gasteiger partial charge < -0.3 is 4.98 Å². The molecule has 0 spiro atoms. The van der Waals surface area contributed by atoms with Gasteiger partial charge in [0.15, 0.2) is 0 Å². The molecule has 1 aromatic carbocycles. The van der Waals surface area contributed by atoms with Crippen LogP contribution in [0.1, 0.15) is 29.6 Å². The van der Waals surface area contributed by atoms with Gasteiger partial charge in [-0.3, -0.25) is 4.79 Å². The number of halogens is 1. The molecule has 0 aliphatic heterocycles. The molecule has 0 aliphatic rings. The summed E-state index contributed by atoms with van der Waals surface area (Å²) in [7, 11) is 0. The third-order valence-corrected chi connectivity index (χ3v) is 4.69. The van der Waals surface area contributed by atoms with E-state index in [0.29, 0.717) is 11.3 Å². The van der Waals surface area contributed by atoms with E-state index in [9.17, 15) is 4.79 Å². The van der Waals surface area contributed by atoms with Crippen molar-refractivity contribution in [3.8, 4) is 0 Å². The van der Waals surface area contributed by atoms with Crippen LogP contribution in [0.25, 0.3) is 5.52 Å². The van der Waals surface area contributed by atoms with Crippen molar-refractivity contribution in [1.29, 1.82) is 0 Å². The molecule has 2 aromatic heterocycles. The number of hydrogen-bond acceptors (Lipinski definition) is 2. The predicted molar refractivity (Wildman–Crippen MR) is 91.9 cm³/mol. The fourth-order valence-corrected chi connectivity index (χ4v) is 3.16. The van der Waals surface area contributed by atoms with Crippen LogP contribution in [0.4, 0.5) is 0 Å². The van der Waals surface area contributed by atoms with Gasteiger partial charge in [0.05, 0.1) is 5.69 Å². The number of hydrogen-bond donors (Lipinski definition) is 1. The summed E-state index contributed by atoms with van der Waals surface area (Å²) in [6.45, 7) is 3.91. The smallest absolute Gasteiger partial charge is 0.275 e. The topological polar surface area (TPSA) is 50.2 Å². The summed E-state index contributed by atoms with van der Waals surface area (Å²) in [6, 6.07) is 10.3. The molecule has 0 bridgehead atoms. The highest BCUT2D eigenvalue weighted by Crippen LogP contribution is 2.21. The fraction of sp³-hybridized carbons (Fsp3) is 0.250. The molecule has 0 atom stereocenters. The first-order chi connectivity index (χ1) is 10.1. The van der Waals surface area contributed by atoms with Crippen LogP contribution in [0.3, 0.4) is 0 Å². The fourth-order valence-electron chi connectivity index (χ4n) is 2.59. The Hall–Kier alpha value is -1.63. The first kappa shape index (κ1) is 14.3. The van der Waals surface area contributed by atoms with E-state index in [1.165, 1.54) is 14.7 Å². The van der Waals surface area contributed by atoms with Gasteiger partial charge in [-0.15, -0.1) is 0 Å². The summed E-state index contributed by atoms with van der Waals surface area (Å²) in [5.74, 6) is 0.634. The van der Waals surface area contributed by atoms with Crippen LogP contribution < -0.4 is 5.56 Å². The lowest BCUT2D eigenvalue weighted by Gasteiger charge is -2.07. The second-order valence-corrected chi connectivity index (χ2v) is 6.24. The van der Waals surface area contributed by atoms with Gasteiger partial charge in [0.2, 0.25) is 0 Å². The van der Waals surface area contributed by atoms with Crippen molar-refractivity contribution in [1.82, 2.24) is 14.6 Å². The number of H-pyrrole nitrogens is 1. The molecule has 3 aromatic rings. The molecule has 0 radical (unpaired) electrons. The molecule has 2 heterocycles. The normalized spacial score (nSPS) is 11.2. The Morgan fingerprint density at radius 3 is 2.76 bits per heavy atom. The number of aryl methyl sites for hydroxylation is 2. The van der Waals surface area contributed by atoms with Crippen LogP contribution in [0, 0.1) is 10.5 Å². The SMILES string of the molecule is CCc1cc2c(=O)[nH]c(C)nn2c1Cc1ccccc1I. The molecule has 108 valence electrons. The second kappa shape index (κ2) is 5.63. The van der Waals surface area contributed by atoms with Crippen LogP contribution >= 0.6 is 22.6 Å². The molecule has 5 heteroatoms. The Balaban J connectivity index is 2.21. The van der Waals surface area contributed by atoms with Gasteiger partial charge in [0, 0.05) is 9.99 Å². The molecular formula is C16H16IN3O. The maximum Gasteiger partial charge on any atom is 0.275 e. The maximum absolute atomic E-state index is 12.1. The van der Waals surface area contributed by atoms with E-state index in [1.54, 1.807) is 4.52 Å². The average molecular weight is 393 g/mol. The molecule has 0 saturated carbocycles. The van der Waals surface area contributed by atoms with Crippen LogP contribution in [0.5, 0.6) is 0 Å². The first-order valence-electron chi connectivity index (χ1n) is 6.94. The number of rotatable bonds is 3. The summed E-state index contributed by atoms with van der Waals surface area (Å²) in [4.78, 5) is 14.8. The van der Waals surface area contributed by atoms with Gasteiger partial charge >= 0.3 is 0 Å². The van der Waals surface area contributed by atoms with E-state index in [2.05, 4.69) is 51.7 Å². The minimum atomic E-state index is -0.0776. The van der Waals surface area contributed by atoms with Gasteiger partial charge in [0.25, 0.3) is 5.56 Å². The van der Waals surface area contributed by atoms with Crippen molar-refractivity contribution >= 4 is 28.1 Å².